The lowest BCUT2D eigenvalue weighted by molar-refractivity contribution is -0.146. The van der Waals surface area contributed by atoms with E-state index in [0.29, 0.717) is 6.61 Å². The van der Waals surface area contributed by atoms with Gasteiger partial charge in [-0.25, -0.2) is 4.79 Å². The fourth-order valence-electron chi connectivity index (χ4n) is 2.07. The maximum absolute atomic E-state index is 11.9. The average Bonchev–Trinajstić information content (AvgIpc) is 2.82. The van der Waals surface area contributed by atoms with E-state index in [0.717, 1.165) is 16.5 Å². The third-order valence-electron chi connectivity index (χ3n) is 3.04. The summed E-state index contributed by atoms with van der Waals surface area (Å²) in [7, 11) is 0. The second-order valence-corrected chi connectivity index (χ2v) is 4.58. The van der Waals surface area contributed by atoms with E-state index >= 15 is 0 Å². The minimum atomic E-state index is -0.632. The Kier molecular flexibility index (Phi) is 4.40. The number of aromatic amines is 1. The largest absolute Gasteiger partial charge is 0.464 e. The third-order valence-corrected chi connectivity index (χ3v) is 3.04. The number of hydrogen-bond donors (Lipinski definition) is 2. The van der Waals surface area contributed by atoms with Crippen molar-refractivity contribution in [2.45, 2.75) is 26.3 Å². The SMILES string of the molecule is CCOC(=O)C(C)NC(=O)Cc1c[nH]c2ccccc12. The normalized spacial score (nSPS) is 12.1. The molecule has 0 aliphatic heterocycles. The first-order chi connectivity index (χ1) is 9.61. The molecule has 1 heterocycles. The molecule has 0 saturated carbocycles. The highest BCUT2D eigenvalue weighted by Gasteiger charge is 2.17. The molecule has 0 radical (unpaired) electrons. The van der Waals surface area contributed by atoms with E-state index in [2.05, 4.69) is 10.3 Å². The molecule has 1 unspecified atom stereocenters. The number of benzene rings is 1. The molecule has 0 saturated heterocycles. The molecule has 1 aromatic heterocycles. The van der Waals surface area contributed by atoms with Crippen LogP contribution in [0.3, 0.4) is 0 Å². The number of ether oxygens (including phenoxy) is 1. The lowest BCUT2D eigenvalue weighted by atomic mass is 10.1. The van der Waals surface area contributed by atoms with Gasteiger partial charge in [-0.3, -0.25) is 4.79 Å². The Labute approximate surface area is 117 Å². The van der Waals surface area contributed by atoms with Gasteiger partial charge in [0, 0.05) is 17.1 Å². The van der Waals surface area contributed by atoms with Crippen LogP contribution in [0.2, 0.25) is 0 Å². The van der Waals surface area contributed by atoms with Gasteiger partial charge in [-0.15, -0.1) is 0 Å². The monoisotopic (exact) mass is 274 g/mol. The molecule has 106 valence electrons. The Balaban J connectivity index is 1.99. The van der Waals surface area contributed by atoms with Gasteiger partial charge in [0.2, 0.25) is 5.91 Å². The molecule has 0 bridgehead atoms. The van der Waals surface area contributed by atoms with E-state index in [-0.39, 0.29) is 12.3 Å². The van der Waals surface area contributed by atoms with Gasteiger partial charge in [0.1, 0.15) is 6.04 Å². The molecule has 20 heavy (non-hydrogen) atoms. The van der Waals surface area contributed by atoms with Crippen molar-refractivity contribution < 1.29 is 14.3 Å². The van der Waals surface area contributed by atoms with E-state index in [4.69, 9.17) is 4.74 Å². The van der Waals surface area contributed by atoms with E-state index in [9.17, 15) is 9.59 Å². The molecule has 5 nitrogen and oxygen atoms in total. The van der Waals surface area contributed by atoms with E-state index in [1.165, 1.54) is 0 Å². The number of aromatic nitrogens is 1. The number of esters is 1. The fraction of sp³-hybridized carbons (Fsp3) is 0.333. The van der Waals surface area contributed by atoms with Crippen molar-refractivity contribution in [1.82, 2.24) is 10.3 Å². The first-order valence-electron chi connectivity index (χ1n) is 6.62. The molecule has 5 heteroatoms. The maximum atomic E-state index is 11.9. The summed E-state index contributed by atoms with van der Waals surface area (Å²) < 4.78 is 4.85. The molecule has 0 spiro atoms. The standard InChI is InChI=1S/C15H18N2O3/c1-3-20-15(19)10(2)17-14(18)8-11-9-16-13-7-5-4-6-12(11)13/h4-7,9-10,16H,3,8H2,1-2H3,(H,17,18). The molecule has 2 aromatic rings. The minimum Gasteiger partial charge on any atom is -0.464 e. The van der Waals surface area contributed by atoms with Gasteiger partial charge in [0.15, 0.2) is 0 Å². The second-order valence-electron chi connectivity index (χ2n) is 4.58. The van der Waals surface area contributed by atoms with Crippen molar-refractivity contribution >= 4 is 22.8 Å². The summed E-state index contributed by atoms with van der Waals surface area (Å²) in [6, 6.07) is 7.15. The van der Waals surface area contributed by atoms with E-state index in [1.807, 2.05) is 30.5 Å². The molecular formula is C15H18N2O3. The van der Waals surface area contributed by atoms with Crippen molar-refractivity contribution in [3.05, 3.63) is 36.0 Å². The quantitative estimate of drug-likeness (QED) is 0.816. The van der Waals surface area contributed by atoms with Crippen molar-refractivity contribution in [3.63, 3.8) is 0 Å². The Morgan fingerprint density at radius 2 is 2.10 bits per heavy atom. The predicted octanol–water partition coefficient (Wildman–Crippen LogP) is 1.78. The molecule has 1 aromatic carbocycles. The highest BCUT2D eigenvalue weighted by atomic mass is 16.5. The summed E-state index contributed by atoms with van der Waals surface area (Å²) in [6.45, 7) is 3.66. The van der Waals surface area contributed by atoms with Crippen LogP contribution < -0.4 is 5.32 Å². The summed E-state index contributed by atoms with van der Waals surface area (Å²) in [5.41, 5.74) is 1.91. The molecule has 2 N–H and O–H groups in total. The van der Waals surface area contributed by atoms with Crippen LogP contribution in [0.25, 0.3) is 10.9 Å². The molecular weight excluding hydrogens is 256 g/mol. The van der Waals surface area contributed by atoms with Gasteiger partial charge in [0.05, 0.1) is 13.0 Å². The number of H-pyrrole nitrogens is 1. The van der Waals surface area contributed by atoms with Gasteiger partial charge in [-0.05, 0) is 25.5 Å². The zero-order valence-corrected chi connectivity index (χ0v) is 11.6. The minimum absolute atomic E-state index is 0.199. The zero-order valence-electron chi connectivity index (χ0n) is 11.6. The number of hydrogen-bond acceptors (Lipinski definition) is 3. The van der Waals surface area contributed by atoms with Crippen LogP contribution in [-0.4, -0.2) is 29.5 Å². The number of rotatable bonds is 5. The van der Waals surface area contributed by atoms with Crippen molar-refractivity contribution in [2.24, 2.45) is 0 Å². The lowest BCUT2D eigenvalue weighted by Gasteiger charge is -2.12. The third kappa shape index (κ3) is 3.17. The Morgan fingerprint density at radius 1 is 1.35 bits per heavy atom. The van der Waals surface area contributed by atoms with Crippen molar-refractivity contribution in [3.8, 4) is 0 Å². The van der Waals surface area contributed by atoms with Crippen molar-refractivity contribution in [1.29, 1.82) is 0 Å². The molecule has 0 aliphatic carbocycles. The number of carbonyl (C=O) groups is 2. The highest BCUT2D eigenvalue weighted by molar-refractivity contribution is 5.90. The summed E-state index contributed by atoms with van der Waals surface area (Å²) in [4.78, 5) is 26.5. The van der Waals surface area contributed by atoms with E-state index < -0.39 is 12.0 Å². The first kappa shape index (κ1) is 14.1. The molecule has 1 atom stereocenters. The van der Waals surface area contributed by atoms with Crippen LogP contribution in [0, 0.1) is 0 Å². The van der Waals surface area contributed by atoms with Crippen LogP contribution >= 0.6 is 0 Å². The average molecular weight is 274 g/mol. The Hall–Kier alpha value is -2.30. The predicted molar refractivity (Wildman–Crippen MR) is 76.2 cm³/mol. The van der Waals surface area contributed by atoms with E-state index in [1.54, 1.807) is 13.8 Å². The summed E-state index contributed by atoms with van der Waals surface area (Å²) in [5.74, 6) is -0.616. The van der Waals surface area contributed by atoms with Crippen LogP contribution in [0.1, 0.15) is 19.4 Å². The highest BCUT2D eigenvalue weighted by Crippen LogP contribution is 2.17. The van der Waals surface area contributed by atoms with Crippen LogP contribution in [0.5, 0.6) is 0 Å². The Bertz CT molecular complexity index is 618. The Morgan fingerprint density at radius 3 is 2.85 bits per heavy atom. The number of nitrogens with one attached hydrogen (secondary N) is 2. The van der Waals surface area contributed by atoms with Crippen molar-refractivity contribution in [2.75, 3.05) is 6.61 Å². The molecule has 0 fully saturated rings. The topological polar surface area (TPSA) is 71.2 Å². The first-order valence-corrected chi connectivity index (χ1v) is 6.62. The molecule has 2 rings (SSSR count). The molecule has 1 amide bonds. The van der Waals surface area contributed by atoms with Crippen LogP contribution in [0.4, 0.5) is 0 Å². The van der Waals surface area contributed by atoms with Gasteiger partial charge in [-0.1, -0.05) is 18.2 Å². The number of fused-ring (bicyclic) bond motifs is 1. The lowest BCUT2D eigenvalue weighted by Crippen LogP contribution is -2.40. The van der Waals surface area contributed by atoms with Gasteiger partial charge < -0.3 is 15.0 Å². The number of carbonyl (C=O) groups excluding carboxylic acids is 2. The van der Waals surface area contributed by atoms with Gasteiger partial charge in [-0.2, -0.15) is 0 Å². The summed E-state index contributed by atoms with van der Waals surface area (Å²) in [6.07, 6.45) is 2.05. The molecule has 0 aliphatic rings. The fourth-order valence-corrected chi connectivity index (χ4v) is 2.07. The zero-order chi connectivity index (χ0) is 14.5. The van der Waals surface area contributed by atoms with Crippen LogP contribution in [-0.2, 0) is 20.7 Å². The summed E-state index contributed by atoms with van der Waals surface area (Å²) in [5, 5.41) is 3.66. The maximum Gasteiger partial charge on any atom is 0.328 e. The van der Waals surface area contributed by atoms with Gasteiger partial charge >= 0.3 is 5.97 Å². The van der Waals surface area contributed by atoms with Crippen LogP contribution in [0.15, 0.2) is 30.5 Å². The number of amides is 1. The van der Waals surface area contributed by atoms with Gasteiger partial charge in [0.25, 0.3) is 0 Å². The number of para-hydroxylation sites is 1. The summed E-state index contributed by atoms with van der Waals surface area (Å²) >= 11 is 0. The second kappa shape index (κ2) is 6.23. The smallest absolute Gasteiger partial charge is 0.328 e.